The van der Waals surface area contributed by atoms with Gasteiger partial charge in [0, 0.05) is 6.20 Å². The van der Waals surface area contributed by atoms with Crippen molar-refractivity contribution in [1.29, 1.82) is 5.26 Å². The molecule has 1 aromatic rings. The van der Waals surface area contributed by atoms with Crippen molar-refractivity contribution < 1.29 is 22.8 Å². The highest BCUT2D eigenvalue weighted by Gasteiger charge is 2.37. The Kier molecular flexibility index (Phi) is 3.52. The maximum absolute atomic E-state index is 11.9. The minimum atomic E-state index is -5.13. The molecule has 0 spiro atoms. The monoisotopic (exact) mass is 311 g/mol. The van der Waals surface area contributed by atoms with E-state index in [1.54, 1.807) is 0 Å². The molecule has 0 aliphatic heterocycles. The highest BCUT2D eigenvalue weighted by atomic mass is 79.9. The van der Waals surface area contributed by atoms with Gasteiger partial charge < -0.3 is 4.74 Å². The van der Waals surface area contributed by atoms with E-state index in [4.69, 9.17) is 5.26 Å². The molecule has 0 amide bonds. The molecule has 0 aromatic carbocycles. The van der Waals surface area contributed by atoms with E-state index in [-0.39, 0.29) is 4.47 Å². The largest absolute Gasteiger partial charge is 0.574 e. The molecule has 0 N–H and O–H groups in total. The predicted molar refractivity (Wildman–Crippen MR) is 50.0 cm³/mol. The van der Waals surface area contributed by atoms with Gasteiger partial charge in [0.25, 0.3) is 0 Å². The number of alkyl halides is 3. The van der Waals surface area contributed by atoms with Crippen LogP contribution in [0.5, 0.6) is 5.88 Å². The van der Waals surface area contributed by atoms with Crippen LogP contribution in [0.15, 0.2) is 10.7 Å². The maximum atomic E-state index is 11.9. The van der Waals surface area contributed by atoms with Crippen LogP contribution >= 0.6 is 15.9 Å². The summed E-state index contributed by atoms with van der Waals surface area (Å²) in [7, 11) is 0. The summed E-state index contributed by atoms with van der Waals surface area (Å²) in [5.41, 5.74) is -1.73. The number of nitro groups is 1. The molecular formula is C7HBrF3N3O3. The lowest BCUT2D eigenvalue weighted by Crippen LogP contribution is -2.19. The summed E-state index contributed by atoms with van der Waals surface area (Å²) in [5.74, 6) is -1.28. The van der Waals surface area contributed by atoms with Crippen LogP contribution in [0.4, 0.5) is 18.9 Å². The summed E-state index contributed by atoms with van der Waals surface area (Å²) >= 11 is 2.76. The first-order chi connectivity index (χ1) is 7.76. The summed E-state index contributed by atoms with van der Waals surface area (Å²) in [5, 5.41) is 19.2. The van der Waals surface area contributed by atoms with Crippen molar-refractivity contribution in [1.82, 2.24) is 4.98 Å². The number of pyridine rings is 1. The van der Waals surface area contributed by atoms with E-state index in [0.29, 0.717) is 0 Å². The molecule has 0 saturated heterocycles. The molecule has 0 fully saturated rings. The Balaban J connectivity index is 3.42. The zero-order chi connectivity index (χ0) is 13.2. The van der Waals surface area contributed by atoms with Crippen molar-refractivity contribution >= 4 is 21.6 Å². The van der Waals surface area contributed by atoms with Crippen LogP contribution < -0.4 is 4.74 Å². The van der Waals surface area contributed by atoms with E-state index < -0.39 is 28.4 Å². The fourth-order valence-corrected chi connectivity index (χ4v) is 1.30. The van der Waals surface area contributed by atoms with Gasteiger partial charge in [-0.05, 0) is 15.9 Å². The lowest BCUT2D eigenvalue weighted by molar-refractivity contribution is -0.389. The first-order valence-corrected chi connectivity index (χ1v) is 4.54. The average Bonchev–Trinajstić information content (AvgIpc) is 2.17. The summed E-state index contributed by atoms with van der Waals surface area (Å²) < 4.78 is 39.1. The molecule has 0 unspecified atom stereocenters. The molecule has 0 bridgehead atoms. The topological polar surface area (TPSA) is 89.0 Å². The van der Waals surface area contributed by atoms with Crippen LogP contribution in [0, 0.1) is 21.4 Å². The fourth-order valence-electron chi connectivity index (χ4n) is 0.921. The zero-order valence-corrected chi connectivity index (χ0v) is 9.24. The van der Waals surface area contributed by atoms with Gasteiger partial charge in [0.1, 0.15) is 6.07 Å². The lowest BCUT2D eigenvalue weighted by atomic mass is 10.2. The molecule has 1 aromatic heterocycles. The number of hydrogen-bond acceptors (Lipinski definition) is 5. The molecule has 1 heterocycles. The Morgan fingerprint density at radius 1 is 1.59 bits per heavy atom. The third kappa shape index (κ3) is 3.04. The van der Waals surface area contributed by atoms with Gasteiger partial charge in [-0.25, -0.2) is 4.98 Å². The molecule has 1 rings (SSSR count). The van der Waals surface area contributed by atoms with Crippen LogP contribution in [0.3, 0.4) is 0 Å². The Bertz CT molecular complexity index is 512. The number of nitrogens with zero attached hydrogens (tertiary/aromatic N) is 3. The van der Waals surface area contributed by atoms with Gasteiger partial charge in [0.15, 0.2) is 5.56 Å². The number of rotatable bonds is 2. The average molecular weight is 312 g/mol. The smallest absolute Gasteiger partial charge is 0.381 e. The van der Waals surface area contributed by atoms with Gasteiger partial charge in [-0.1, -0.05) is 0 Å². The summed E-state index contributed by atoms with van der Waals surface area (Å²) in [4.78, 5) is 12.5. The standard InChI is InChI=1S/C7HBrF3N3O3/c8-4-2-13-6(17-7(9,10)11)5(14(15)16)3(4)1-12/h2H. The maximum Gasteiger partial charge on any atom is 0.574 e. The fraction of sp³-hybridized carbons (Fsp3) is 0.143. The Morgan fingerprint density at radius 3 is 2.59 bits per heavy atom. The summed E-state index contributed by atoms with van der Waals surface area (Å²) in [6, 6.07) is 1.40. The minimum absolute atomic E-state index is 0.0961. The highest BCUT2D eigenvalue weighted by molar-refractivity contribution is 9.10. The van der Waals surface area contributed by atoms with Gasteiger partial charge in [0.05, 0.1) is 9.40 Å². The van der Waals surface area contributed by atoms with E-state index in [9.17, 15) is 23.3 Å². The van der Waals surface area contributed by atoms with E-state index in [2.05, 4.69) is 25.7 Å². The zero-order valence-electron chi connectivity index (χ0n) is 7.66. The number of halogens is 4. The first kappa shape index (κ1) is 13.2. The molecule has 0 atom stereocenters. The van der Waals surface area contributed by atoms with Crippen LogP contribution in [-0.2, 0) is 0 Å². The molecule has 6 nitrogen and oxygen atoms in total. The SMILES string of the molecule is N#Cc1c(Br)cnc(OC(F)(F)F)c1[N+](=O)[O-]. The number of ether oxygens (including phenoxy) is 1. The van der Waals surface area contributed by atoms with Crippen molar-refractivity contribution in [3.05, 3.63) is 26.3 Å². The van der Waals surface area contributed by atoms with Crippen molar-refractivity contribution in [3.8, 4) is 11.9 Å². The van der Waals surface area contributed by atoms with E-state index >= 15 is 0 Å². The highest BCUT2D eigenvalue weighted by Crippen LogP contribution is 2.35. The van der Waals surface area contributed by atoms with E-state index in [1.165, 1.54) is 6.07 Å². The third-order valence-corrected chi connectivity index (χ3v) is 2.08. The second-order valence-corrected chi connectivity index (χ2v) is 3.41. The molecular weight excluding hydrogens is 311 g/mol. The van der Waals surface area contributed by atoms with Gasteiger partial charge in [-0.15, -0.1) is 13.2 Å². The Labute approximate surface area is 99.9 Å². The second kappa shape index (κ2) is 4.54. The van der Waals surface area contributed by atoms with Crippen LogP contribution in [-0.4, -0.2) is 16.3 Å². The molecule has 17 heavy (non-hydrogen) atoms. The number of aromatic nitrogens is 1. The minimum Gasteiger partial charge on any atom is -0.381 e. The van der Waals surface area contributed by atoms with Crippen molar-refractivity contribution in [2.24, 2.45) is 0 Å². The van der Waals surface area contributed by atoms with Gasteiger partial charge in [0.2, 0.25) is 0 Å². The Hall–Kier alpha value is -1.89. The van der Waals surface area contributed by atoms with E-state index in [0.717, 1.165) is 6.20 Å². The summed E-state index contributed by atoms with van der Waals surface area (Å²) in [6.45, 7) is 0. The van der Waals surface area contributed by atoms with Crippen molar-refractivity contribution in [2.45, 2.75) is 6.36 Å². The molecule has 0 aliphatic rings. The predicted octanol–water partition coefficient (Wildman–Crippen LogP) is 2.52. The molecule has 0 radical (unpaired) electrons. The molecule has 0 saturated carbocycles. The van der Waals surface area contributed by atoms with Crippen LogP contribution in [0.2, 0.25) is 0 Å². The van der Waals surface area contributed by atoms with Gasteiger partial charge >= 0.3 is 17.9 Å². The molecule has 10 heteroatoms. The molecule has 90 valence electrons. The number of nitriles is 1. The number of hydrogen-bond donors (Lipinski definition) is 0. The normalized spacial score (nSPS) is 10.8. The second-order valence-electron chi connectivity index (χ2n) is 2.55. The van der Waals surface area contributed by atoms with Crippen molar-refractivity contribution in [3.63, 3.8) is 0 Å². The summed E-state index contributed by atoms with van der Waals surface area (Å²) in [6.07, 6.45) is -4.31. The molecule has 0 aliphatic carbocycles. The third-order valence-electron chi connectivity index (χ3n) is 1.48. The quantitative estimate of drug-likeness (QED) is 0.618. The van der Waals surface area contributed by atoms with Crippen LogP contribution in [0.25, 0.3) is 0 Å². The van der Waals surface area contributed by atoms with Gasteiger partial charge in [-0.2, -0.15) is 5.26 Å². The van der Waals surface area contributed by atoms with Crippen LogP contribution in [0.1, 0.15) is 5.56 Å². The lowest BCUT2D eigenvalue weighted by Gasteiger charge is -2.08. The Morgan fingerprint density at radius 2 is 2.18 bits per heavy atom. The van der Waals surface area contributed by atoms with Gasteiger partial charge in [-0.3, -0.25) is 10.1 Å². The van der Waals surface area contributed by atoms with E-state index in [1.807, 2.05) is 0 Å². The first-order valence-electron chi connectivity index (χ1n) is 3.75. The van der Waals surface area contributed by atoms with Crippen molar-refractivity contribution in [2.75, 3.05) is 0 Å².